The number of likely N-dealkylation sites (N-methyl/N-ethyl adjacent to an activating group) is 1. The molecule has 132 valence electrons. The Bertz CT molecular complexity index is 689. The van der Waals surface area contributed by atoms with Gasteiger partial charge in [-0.25, -0.2) is 4.98 Å². The molecule has 1 amide bonds. The molecule has 5 nitrogen and oxygen atoms in total. The maximum atomic E-state index is 12.3. The molecular formula is C20H26N4O. The minimum absolute atomic E-state index is 0.174. The number of carbonyl (C=O) groups excluding carboxylic acids is 1. The summed E-state index contributed by atoms with van der Waals surface area (Å²) in [6, 6.07) is 11.7. The summed E-state index contributed by atoms with van der Waals surface area (Å²) in [5.74, 6) is -0.174. The van der Waals surface area contributed by atoms with Gasteiger partial charge in [-0.3, -0.25) is 4.79 Å². The molecule has 0 spiro atoms. The van der Waals surface area contributed by atoms with E-state index in [1.165, 1.54) is 5.56 Å². The molecule has 1 aromatic carbocycles. The van der Waals surface area contributed by atoms with E-state index >= 15 is 0 Å². The van der Waals surface area contributed by atoms with Crippen molar-refractivity contribution in [2.75, 3.05) is 42.9 Å². The van der Waals surface area contributed by atoms with Gasteiger partial charge in [0.1, 0.15) is 5.69 Å². The summed E-state index contributed by atoms with van der Waals surface area (Å²) in [4.78, 5) is 21.5. The zero-order valence-corrected chi connectivity index (χ0v) is 15.0. The van der Waals surface area contributed by atoms with Crippen LogP contribution in [0, 0.1) is 0 Å². The smallest absolute Gasteiger partial charge is 0.274 e. The molecule has 25 heavy (non-hydrogen) atoms. The van der Waals surface area contributed by atoms with Crippen LogP contribution in [-0.4, -0.2) is 48.5 Å². The van der Waals surface area contributed by atoms with E-state index in [0.29, 0.717) is 5.69 Å². The number of benzene rings is 1. The van der Waals surface area contributed by atoms with E-state index < -0.39 is 0 Å². The first-order chi connectivity index (χ1) is 12.2. The van der Waals surface area contributed by atoms with E-state index in [1.54, 1.807) is 12.3 Å². The van der Waals surface area contributed by atoms with Gasteiger partial charge in [0.15, 0.2) is 0 Å². The predicted octanol–water partition coefficient (Wildman–Crippen LogP) is 3.04. The number of aryl methyl sites for hydroxylation is 1. The molecule has 0 aliphatic carbocycles. The monoisotopic (exact) mass is 338 g/mol. The molecule has 0 saturated carbocycles. The first kappa shape index (κ1) is 17.4. The molecule has 1 aromatic heterocycles. The standard InChI is InChI=1S/C20H26N4O/c1-3-16-5-7-17(8-6-16)22-20(25)19-10-9-18(15-21-19)24-13-11-23(4-2)12-14-24/h5-10,15H,3-4,11-14H2,1-2H3,(H,22,25). The van der Waals surface area contributed by atoms with Gasteiger partial charge in [0.25, 0.3) is 5.91 Å². The minimum Gasteiger partial charge on any atom is -0.368 e. The second kappa shape index (κ2) is 8.12. The molecule has 0 unspecified atom stereocenters. The molecule has 1 saturated heterocycles. The summed E-state index contributed by atoms with van der Waals surface area (Å²) < 4.78 is 0. The summed E-state index contributed by atoms with van der Waals surface area (Å²) in [6.07, 6.45) is 2.79. The van der Waals surface area contributed by atoms with Gasteiger partial charge in [-0.2, -0.15) is 0 Å². The van der Waals surface area contributed by atoms with Gasteiger partial charge in [0, 0.05) is 31.9 Å². The maximum absolute atomic E-state index is 12.3. The predicted molar refractivity (Wildman–Crippen MR) is 102 cm³/mol. The van der Waals surface area contributed by atoms with Crippen molar-refractivity contribution in [1.29, 1.82) is 0 Å². The van der Waals surface area contributed by atoms with Crippen molar-refractivity contribution in [2.45, 2.75) is 20.3 Å². The molecule has 3 rings (SSSR count). The zero-order chi connectivity index (χ0) is 17.6. The van der Waals surface area contributed by atoms with Crippen LogP contribution in [0.25, 0.3) is 0 Å². The fourth-order valence-electron chi connectivity index (χ4n) is 3.05. The SMILES string of the molecule is CCc1ccc(NC(=O)c2ccc(N3CCN(CC)CC3)cn2)cc1. The highest BCUT2D eigenvalue weighted by atomic mass is 16.1. The molecule has 0 bridgehead atoms. The topological polar surface area (TPSA) is 48.5 Å². The number of anilines is 2. The number of aromatic nitrogens is 1. The van der Waals surface area contributed by atoms with Crippen molar-refractivity contribution in [3.63, 3.8) is 0 Å². The summed E-state index contributed by atoms with van der Waals surface area (Å²) in [5, 5.41) is 2.90. The van der Waals surface area contributed by atoms with Gasteiger partial charge in [-0.05, 0) is 42.8 Å². The zero-order valence-electron chi connectivity index (χ0n) is 15.0. The normalized spacial score (nSPS) is 15.2. The second-order valence-electron chi connectivity index (χ2n) is 6.33. The number of piperazine rings is 1. The summed E-state index contributed by atoms with van der Waals surface area (Å²) in [5.41, 5.74) is 3.57. The molecule has 0 atom stereocenters. The highest BCUT2D eigenvalue weighted by Gasteiger charge is 2.16. The molecule has 1 fully saturated rings. The van der Waals surface area contributed by atoms with Gasteiger partial charge in [0.05, 0.1) is 11.9 Å². The van der Waals surface area contributed by atoms with Crippen LogP contribution in [0.4, 0.5) is 11.4 Å². The number of hydrogen-bond donors (Lipinski definition) is 1. The van der Waals surface area contributed by atoms with Gasteiger partial charge in [0.2, 0.25) is 0 Å². The third kappa shape index (κ3) is 4.37. The summed E-state index contributed by atoms with van der Waals surface area (Å²) >= 11 is 0. The van der Waals surface area contributed by atoms with Crippen molar-refractivity contribution in [3.05, 3.63) is 53.9 Å². The lowest BCUT2D eigenvalue weighted by Gasteiger charge is -2.35. The molecule has 1 aliphatic heterocycles. The van der Waals surface area contributed by atoms with E-state index in [2.05, 4.69) is 33.9 Å². The van der Waals surface area contributed by atoms with Crippen LogP contribution in [0.1, 0.15) is 29.9 Å². The maximum Gasteiger partial charge on any atom is 0.274 e. The number of pyridine rings is 1. The van der Waals surface area contributed by atoms with Crippen molar-refractivity contribution >= 4 is 17.3 Å². The first-order valence-corrected chi connectivity index (χ1v) is 9.03. The van der Waals surface area contributed by atoms with Gasteiger partial charge < -0.3 is 15.1 Å². The number of carbonyl (C=O) groups is 1. The average molecular weight is 338 g/mol. The number of amides is 1. The molecule has 2 aromatic rings. The van der Waals surface area contributed by atoms with Gasteiger partial charge in [-0.1, -0.05) is 26.0 Å². The first-order valence-electron chi connectivity index (χ1n) is 9.03. The van der Waals surface area contributed by atoms with Gasteiger partial charge in [-0.15, -0.1) is 0 Å². The van der Waals surface area contributed by atoms with Crippen molar-refractivity contribution in [2.24, 2.45) is 0 Å². The van der Waals surface area contributed by atoms with Gasteiger partial charge >= 0.3 is 0 Å². The van der Waals surface area contributed by atoms with Crippen LogP contribution >= 0.6 is 0 Å². The number of hydrogen-bond acceptors (Lipinski definition) is 4. The number of nitrogens with zero attached hydrogens (tertiary/aromatic N) is 3. The van der Waals surface area contributed by atoms with Crippen LogP contribution in [-0.2, 0) is 6.42 Å². The van der Waals surface area contributed by atoms with E-state index in [-0.39, 0.29) is 5.91 Å². The van der Waals surface area contributed by atoms with Crippen LogP contribution in [0.2, 0.25) is 0 Å². The second-order valence-corrected chi connectivity index (χ2v) is 6.33. The Kier molecular flexibility index (Phi) is 5.66. The Hall–Kier alpha value is -2.40. The number of nitrogens with one attached hydrogen (secondary N) is 1. The minimum atomic E-state index is -0.174. The molecule has 1 aliphatic rings. The van der Waals surface area contributed by atoms with Crippen LogP contribution in [0.5, 0.6) is 0 Å². The molecule has 1 N–H and O–H groups in total. The van der Waals surface area contributed by atoms with Crippen molar-refractivity contribution in [1.82, 2.24) is 9.88 Å². The van der Waals surface area contributed by atoms with Crippen LogP contribution in [0.3, 0.4) is 0 Å². The Morgan fingerprint density at radius 1 is 1.04 bits per heavy atom. The summed E-state index contributed by atoms with van der Waals surface area (Å²) in [7, 11) is 0. The largest absolute Gasteiger partial charge is 0.368 e. The van der Waals surface area contributed by atoms with E-state index in [1.807, 2.05) is 30.3 Å². The third-order valence-electron chi connectivity index (χ3n) is 4.79. The van der Waals surface area contributed by atoms with Crippen molar-refractivity contribution in [3.8, 4) is 0 Å². The number of rotatable bonds is 5. The van der Waals surface area contributed by atoms with E-state index in [4.69, 9.17) is 0 Å². The Balaban J connectivity index is 1.60. The van der Waals surface area contributed by atoms with Crippen molar-refractivity contribution < 1.29 is 4.79 Å². The third-order valence-corrected chi connectivity index (χ3v) is 4.79. The van der Waals surface area contributed by atoms with E-state index in [0.717, 1.165) is 50.5 Å². The lowest BCUT2D eigenvalue weighted by atomic mass is 10.1. The fraction of sp³-hybridized carbons (Fsp3) is 0.400. The quantitative estimate of drug-likeness (QED) is 0.910. The molecule has 0 radical (unpaired) electrons. The highest BCUT2D eigenvalue weighted by molar-refractivity contribution is 6.02. The highest BCUT2D eigenvalue weighted by Crippen LogP contribution is 2.16. The summed E-state index contributed by atoms with van der Waals surface area (Å²) in [6.45, 7) is 9.57. The van der Waals surface area contributed by atoms with Crippen LogP contribution in [0.15, 0.2) is 42.6 Å². The molecule has 5 heteroatoms. The van der Waals surface area contributed by atoms with E-state index in [9.17, 15) is 4.79 Å². The lowest BCUT2D eigenvalue weighted by molar-refractivity contribution is 0.102. The Morgan fingerprint density at radius 3 is 2.32 bits per heavy atom. The molecular weight excluding hydrogens is 312 g/mol. The Morgan fingerprint density at radius 2 is 1.76 bits per heavy atom. The fourth-order valence-corrected chi connectivity index (χ4v) is 3.05. The average Bonchev–Trinajstić information content (AvgIpc) is 2.69. The van der Waals surface area contributed by atoms with Crippen LogP contribution < -0.4 is 10.2 Å². The Labute approximate surface area is 149 Å². The molecule has 2 heterocycles. The lowest BCUT2D eigenvalue weighted by Crippen LogP contribution is -2.46.